The summed E-state index contributed by atoms with van der Waals surface area (Å²) in [6.45, 7) is 0. The first-order chi connectivity index (χ1) is 6.88. The van der Waals surface area contributed by atoms with Crippen LogP contribution in [0.5, 0.6) is 0 Å². The molecule has 0 heterocycles. The monoisotopic (exact) mass is 197 g/mol. The van der Waals surface area contributed by atoms with Crippen molar-refractivity contribution in [3.8, 4) is 0 Å². The van der Waals surface area contributed by atoms with Gasteiger partial charge in [-0.2, -0.15) is 0 Å². The Bertz CT molecular complexity index is 142. The molecular formula is C12H23NO. The van der Waals surface area contributed by atoms with Crippen LogP contribution in [0.3, 0.4) is 0 Å². The predicted molar refractivity (Wildman–Crippen MR) is 58.1 cm³/mol. The van der Waals surface area contributed by atoms with Crippen molar-refractivity contribution in [1.82, 2.24) is 0 Å². The Morgan fingerprint density at radius 1 is 0.643 bits per heavy atom. The molecule has 0 aliphatic heterocycles. The molecule has 0 radical (unpaired) electrons. The summed E-state index contributed by atoms with van der Waals surface area (Å²) in [6.07, 6.45) is 12.6. The van der Waals surface area contributed by atoms with E-state index in [1.807, 2.05) is 0 Å². The van der Waals surface area contributed by atoms with Crippen LogP contribution in [0.4, 0.5) is 0 Å². The SMILES string of the molecule is [O-][NH+](C1CCCCC1)C1CCCCC1. The molecule has 0 atom stereocenters. The normalized spacial score (nSPS) is 27.0. The van der Waals surface area contributed by atoms with E-state index < -0.39 is 0 Å². The van der Waals surface area contributed by atoms with Gasteiger partial charge in [0, 0.05) is 0 Å². The molecule has 2 fully saturated rings. The minimum Gasteiger partial charge on any atom is -0.634 e. The first-order valence-corrected chi connectivity index (χ1v) is 6.41. The van der Waals surface area contributed by atoms with Crippen molar-refractivity contribution in [2.24, 2.45) is 0 Å². The number of hydroxylamine groups is 2. The van der Waals surface area contributed by atoms with Crippen molar-refractivity contribution in [2.75, 3.05) is 0 Å². The molecule has 2 aliphatic rings. The first kappa shape index (κ1) is 10.4. The molecule has 0 unspecified atom stereocenters. The summed E-state index contributed by atoms with van der Waals surface area (Å²) in [5.74, 6) is 0. The fraction of sp³-hybridized carbons (Fsp3) is 1.00. The highest BCUT2D eigenvalue weighted by molar-refractivity contribution is 4.69. The number of rotatable bonds is 2. The van der Waals surface area contributed by atoms with Crippen molar-refractivity contribution in [2.45, 2.75) is 76.3 Å². The molecule has 82 valence electrons. The van der Waals surface area contributed by atoms with Crippen LogP contribution in [0, 0.1) is 5.21 Å². The summed E-state index contributed by atoms with van der Waals surface area (Å²) in [4.78, 5) is 0. The van der Waals surface area contributed by atoms with Gasteiger partial charge in [-0.15, -0.1) is 0 Å². The van der Waals surface area contributed by atoms with Crippen LogP contribution in [0.2, 0.25) is 0 Å². The van der Waals surface area contributed by atoms with Crippen molar-refractivity contribution < 1.29 is 5.06 Å². The summed E-state index contributed by atoms with van der Waals surface area (Å²) in [7, 11) is 0. The van der Waals surface area contributed by atoms with Crippen LogP contribution < -0.4 is 5.06 Å². The van der Waals surface area contributed by atoms with Gasteiger partial charge < -0.3 is 10.3 Å². The van der Waals surface area contributed by atoms with E-state index in [1.54, 1.807) is 0 Å². The van der Waals surface area contributed by atoms with Gasteiger partial charge >= 0.3 is 0 Å². The van der Waals surface area contributed by atoms with Crippen LogP contribution in [0.1, 0.15) is 64.2 Å². The molecule has 0 aromatic carbocycles. The molecule has 0 bridgehead atoms. The molecule has 0 spiro atoms. The third-order valence-corrected chi connectivity index (χ3v) is 4.02. The standard InChI is InChI=1S/C12H23NO/c14-13(11-7-3-1-4-8-11)12-9-5-2-6-10-12/h11-13H,1-10H2. The second-order valence-corrected chi connectivity index (χ2v) is 5.07. The van der Waals surface area contributed by atoms with E-state index in [4.69, 9.17) is 0 Å². The summed E-state index contributed by atoms with van der Waals surface area (Å²) in [5, 5.41) is 12.8. The third-order valence-electron chi connectivity index (χ3n) is 4.02. The van der Waals surface area contributed by atoms with Crippen molar-refractivity contribution in [1.29, 1.82) is 0 Å². The maximum Gasteiger partial charge on any atom is 0.0873 e. The summed E-state index contributed by atoms with van der Waals surface area (Å²) >= 11 is 0. The Hall–Kier alpha value is -0.0800. The minimum atomic E-state index is 0.451. The van der Waals surface area contributed by atoms with Gasteiger partial charge in [-0.1, -0.05) is 12.8 Å². The molecule has 2 heteroatoms. The van der Waals surface area contributed by atoms with Gasteiger partial charge in [0.2, 0.25) is 0 Å². The van der Waals surface area contributed by atoms with E-state index in [1.165, 1.54) is 64.2 Å². The Morgan fingerprint density at radius 3 is 1.36 bits per heavy atom. The van der Waals surface area contributed by atoms with Crippen LogP contribution >= 0.6 is 0 Å². The number of quaternary nitrogens is 1. The Balaban J connectivity index is 1.82. The molecule has 2 saturated carbocycles. The van der Waals surface area contributed by atoms with Gasteiger partial charge in [-0.05, 0) is 51.4 Å². The Morgan fingerprint density at radius 2 is 1.00 bits per heavy atom. The lowest BCUT2D eigenvalue weighted by Crippen LogP contribution is -3.15. The van der Waals surface area contributed by atoms with E-state index in [9.17, 15) is 5.21 Å². The van der Waals surface area contributed by atoms with Gasteiger partial charge in [0.15, 0.2) is 0 Å². The fourth-order valence-electron chi connectivity index (χ4n) is 3.11. The molecule has 2 nitrogen and oxygen atoms in total. The third kappa shape index (κ3) is 2.48. The van der Waals surface area contributed by atoms with Gasteiger partial charge in [-0.25, -0.2) is 0 Å². The highest BCUT2D eigenvalue weighted by atomic mass is 16.5. The average molecular weight is 197 g/mol. The Labute approximate surface area is 87.3 Å². The highest BCUT2D eigenvalue weighted by Gasteiger charge is 2.26. The van der Waals surface area contributed by atoms with Crippen LogP contribution in [-0.4, -0.2) is 12.1 Å². The molecule has 1 N–H and O–H groups in total. The predicted octanol–water partition coefficient (Wildman–Crippen LogP) is 2.03. The van der Waals surface area contributed by atoms with E-state index in [0.717, 1.165) is 0 Å². The zero-order valence-corrected chi connectivity index (χ0v) is 9.13. The van der Waals surface area contributed by atoms with E-state index in [2.05, 4.69) is 0 Å². The zero-order chi connectivity index (χ0) is 9.80. The van der Waals surface area contributed by atoms with Crippen molar-refractivity contribution in [3.05, 3.63) is 5.21 Å². The topological polar surface area (TPSA) is 27.5 Å². The maximum atomic E-state index is 12.2. The molecule has 0 aromatic heterocycles. The van der Waals surface area contributed by atoms with E-state index >= 15 is 0 Å². The summed E-state index contributed by atoms with van der Waals surface area (Å²) < 4.78 is 0. The Kier molecular flexibility index (Phi) is 3.82. The van der Waals surface area contributed by atoms with Crippen LogP contribution in [0.15, 0.2) is 0 Å². The molecule has 14 heavy (non-hydrogen) atoms. The van der Waals surface area contributed by atoms with Crippen LogP contribution in [0.25, 0.3) is 0 Å². The highest BCUT2D eigenvalue weighted by Crippen LogP contribution is 2.19. The quantitative estimate of drug-likeness (QED) is 0.674. The summed E-state index contributed by atoms with van der Waals surface area (Å²) in [6, 6.07) is 0.902. The molecular weight excluding hydrogens is 174 g/mol. The second-order valence-electron chi connectivity index (χ2n) is 5.07. The molecule has 0 aromatic rings. The van der Waals surface area contributed by atoms with Gasteiger partial charge in [-0.3, -0.25) is 0 Å². The molecule has 2 rings (SSSR count). The maximum absolute atomic E-state index is 12.2. The lowest BCUT2D eigenvalue weighted by molar-refractivity contribution is -0.904. The summed E-state index contributed by atoms with van der Waals surface area (Å²) in [5.41, 5.74) is 0. The van der Waals surface area contributed by atoms with E-state index in [-0.39, 0.29) is 0 Å². The number of hydrogen-bond acceptors (Lipinski definition) is 1. The second kappa shape index (κ2) is 5.13. The smallest absolute Gasteiger partial charge is 0.0873 e. The van der Waals surface area contributed by atoms with E-state index in [0.29, 0.717) is 17.1 Å². The minimum absolute atomic E-state index is 0.451. The largest absolute Gasteiger partial charge is 0.634 e. The molecule has 2 aliphatic carbocycles. The zero-order valence-electron chi connectivity index (χ0n) is 9.13. The lowest BCUT2D eigenvalue weighted by Gasteiger charge is -2.41. The van der Waals surface area contributed by atoms with Crippen molar-refractivity contribution in [3.63, 3.8) is 0 Å². The average Bonchev–Trinajstić information content (AvgIpc) is 2.30. The van der Waals surface area contributed by atoms with Gasteiger partial charge in [0.05, 0.1) is 12.1 Å². The van der Waals surface area contributed by atoms with Crippen molar-refractivity contribution >= 4 is 0 Å². The fourth-order valence-corrected chi connectivity index (χ4v) is 3.11. The first-order valence-electron chi connectivity index (χ1n) is 6.41. The van der Waals surface area contributed by atoms with Gasteiger partial charge in [0.1, 0.15) is 0 Å². The lowest BCUT2D eigenvalue weighted by atomic mass is 9.90. The van der Waals surface area contributed by atoms with Crippen LogP contribution in [-0.2, 0) is 0 Å². The number of hydrogen-bond donors (Lipinski definition) is 1. The molecule has 0 amide bonds. The van der Waals surface area contributed by atoms with Gasteiger partial charge in [0.25, 0.3) is 0 Å². The molecule has 0 saturated heterocycles. The number of nitrogens with one attached hydrogen (secondary N) is 1.